The first-order valence-electron chi connectivity index (χ1n) is 5.55. The SMILES string of the molecule is CC(C)C(C)N(C)C(=O)C1COCC1N. The van der Waals surface area contributed by atoms with E-state index in [1.165, 1.54) is 0 Å². The first-order valence-corrected chi connectivity index (χ1v) is 5.55. The van der Waals surface area contributed by atoms with E-state index in [-0.39, 0.29) is 23.9 Å². The predicted octanol–water partition coefficient (Wildman–Crippen LogP) is 0.463. The van der Waals surface area contributed by atoms with E-state index in [1.54, 1.807) is 4.90 Å². The van der Waals surface area contributed by atoms with E-state index >= 15 is 0 Å². The maximum Gasteiger partial charge on any atom is 0.229 e. The minimum Gasteiger partial charge on any atom is -0.379 e. The average molecular weight is 214 g/mol. The minimum atomic E-state index is -0.156. The number of rotatable bonds is 3. The van der Waals surface area contributed by atoms with Crippen LogP contribution < -0.4 is 5.73 Å². The summed E-state index contributed by atoms with van der Waals surface area (Å²) in [5.41, 5.74) is 5.82. The Kier molecular flexibility index (Phi) is 4.11. The summed E-state index contributed by atoms with van der Waals surface area (Å²) in [6.45, 7) is 7.25. The molecule has 1 amide bonds. The molecule has 0 aromatic heterocycles. The number of hydrogen-bond acceptors (Lipinski definition) is 3. The van der Waals surface area contributed by atoms with E-state index in [2.05, 4.69) is 20.8 Å². The van der Waals surface area contributed by atoms with Crippen LogP contribution in [-0.4, -0.2) is 43.2 Å². The molecule has 1 fully saturated rings. The van der Waals surface area contributed by atoms with Gasteiger partial charge in [0.1, 0.15) is 0 Å². The van der Waals surface area contributed by atoms with E-state index in [0.717, 1.165) is 0 Å². The smallest absolute Gasteiger partial charge is 0.229 e. The molecule has 3 unspecified atom stereocenters. The number of hydrogen-bond donors (Lipinski definition) is 1. The maximum atomic E-state index is 12.1. The van der Waals surface area contributed by atoms with Gasteiger partial charge in [0.05, 0.1) is 19.1 Å². The third kappa shape index (κ3) is 2.69. The first kappa shape index (κ1) is 12.5. The largest absolute Gasteiger partial charge is 0.379 e. The van der Waals surface area contributed by atoms with Gasteiger partial charge in [0.2, 0.25) is 5.91 Å². The highest BCUT2D eigenvalue weighted by Gasteiger charge is 2.34. The third-order valence-electron chi connectivity index (χ3n) is 3.37. The highest BCUT2D eigenvalue weighted by Crippen LogP contribution is 2.17. The zero-order valence-corrected chi connectivity index (χ0v) is 10.1. The van der Waals surface area contributed by atoms with Gasteiger partial charge in [-0.05, 0) is 12.8 Å². The van der Waals surface area contributed by atoms with Crippen LogP contribution in [0.15, 0.2) is 0 Å². The highest BCUT2D eigenvalue weighted by atomic mass is 16.5. The Labute approximate surface area is 91.8 Å². The number of carbonyl (C=O) groups is 1. The molecule has 4 nitrogen and oxygen atoms in total. The second-order valence-corrected chi connectivity index (χ2v) is 4.74. The van der Waals surface area contributed by atoms with Crippen molar-refractivity contribution in [2.75, 3.05) is 20.3 Å². The van der Waals surface area contributed by atoms with Crippen LogP contribution in [0.5, 0.6) is 0 Å². The van der Waals surface area contributed by atoms with Gasteiger partial charge in [0, 0.05) is 19.1 Å². The van der Waals surface area contributed by atoms with Crippen molar-refractivity contribution in [3.63, 3.8) is 0 Å². The molecule has 0 spiro atoms. The molecular formula is C11H22N2O2. The molecule has 2 N–H and O–H groups in total. The van der Waals surface area contributed by atoms with E-state index in [0.29, 0.717) is 19.1 Å². The molecule has 3 atom stereocenters. The van der Waals surface area contributed by atoms with E-state index in [9.17, 15) is 4.79 Å². The van der Waals surface area contributed by atoms with Crippen LogP contribution in [0.3, 0.4) is 0 Å². The van der Waals surface area contributed by atoms with Gasteiger partial charge in [-0.1, -0.05) is 13.8 Å². The summed E-state index contributed by atoms with van der Waals surface area (Å²) < 4.78 is 5.21. The monoisotopic (exact) mass is 214 g/mol. The van der Waals surface area contributed by atoms with E-state index in [4.69, 9.17) is 10.5 Å². The summed E-state index contributed by atoms with van der Waals surface area (Å²) in [7, 11) is 1.85. The van der Waals surface area contributed by atoms with Gasteiger partial charge in [-0.15, -0.1) is 0 Å². The summed E-state index contributed by atoms with van der Waals surface area (Å²) in [5.74, 6) is 0.412. The second kappa shape index (κ2) is 4.94. The Bertz CT molecular complexity index is 231. The lowest BCUT2D eigenvalue weighted by atomic mass is 9.99. The van der Waals surface area contributed by atoms with Crippen molar-refractivity contribution in [2.45, 2.75) is 32.9 Å². The fraction of sp³-hybridized carbons (Fsp3) is 0.909. The van der Waals surface area contributed by atoms with Crippen LogP contribution in [0, 0.1) is 11.8 Å². The molecule has 0 aromatic carbocycles. The van der Waals surface area contributed by atoms with Gasteiger partial charge in [-0.3, -0.25) is 4.79 Å². The quantitative estimate of drug-likeness (QED) is 0.742. The van der Waals surface area contributed by atoms with Crippen molar-refractivity contribution in [1.82, 2.24) is 4.90 Å². The maximum absolute atomic E-state index is 12.1. The molecule has 15 heavy (non-hydrogen) atoms. The van der Waals surface area contributed by atoms with Crippen LogP contribution in [-0.2, 0) is 9.53 Å². The second-order valence-electron chi connectivity index (χ2n) is 4.74. The van der Waals surface area contributed by atoms with Crippen LogP contribution in [0.25, 0.3) is 0 Å². The lowest BCUT2D eigenvalue weighted by Crippen LogP contribution is -2.46. The van der Waals surface area contributed by atoms with Gasteiger partial charge < -0.3 is 15.4 Å². The van der Waals surface area contributed by atoms with Gasteiger partial charge in [0.15, 0.2) is 0 Å². The zero-order valence-electron chi connectivity index (χ0n) is 10.1. The molecule has 1 aliphatic rings. The number of amides is 1. The van der Waals surface area contributed by atoms with Gasteiger partial charge in [-0.2, -0.15) is 0 Å². The molecular weight excluding hydrogens is 192 g/mol. The molecule has 0 aliphatic carbocycles. The van der Waals surface area contributed by atoms with Crippen molar-refractivity contribution in [1.29, 1.82) is 0 Å². The average Bonchev–Trinajstić information content (AvgIpc) is 2.60. The molecule has 0 aromatic rings. The lowest BCUT2D eigenvalue weighted by molar-refractivity contribution is -0.137. The Morgan fingerprint density at radius 3 is 2.40 bits per heavy atom. The summed E-state index contributed by atoms with van der Waals surface area (Å²) in [6, 6.07) is 0.101. The Hall–Kier alpha value is -0.610. The van der Waals surface area contributed by atoms with Gasteiger partial charge >= 0.3 is 0 Å². The molecule has 4 heteroatoms. The third-order valence-corrected chi connectivity index (χ3v) is 3.37. The predicted molar refractivity (Wildman–Crippen MR) is 59.4 cm³/mol. The molecule has 0 saturated carbocycles. The lowest BCUT2D eigenvalue weighted by Gasteiger charge is -2.30. The van der Waals surface area contributed by atoms with Crippen LogP contribution >= 0.6 is 0 Å². The summed E-state index contributed by atoms with van der Waals surface area (Å²) in [6.07, 6.45) is 0. The van der Waals surface area contributed by atoms with Crippen molar-refractivity contribution in [3.05, 3.63) is 0 Å². The minimum absolute atomic E-state index is 0.112. The summed E-state index contributed by atoms with van der Waals surface area (Å²) >= 11 is 0. The summed E-state index contributed by atoms with van der Waals surface area (Å²) in [5, 5.41) is 0. The molecule has 1 heterocycles. The van der Waals surface area contributed by atoms with Crippen LogP contribution in [0.1, 0.15) is 20.8 Å². The first-order chi connectivity index (χ1) is 6.95. The number of nitrogens with zero attached hydrogens (tertiary/aromatic N) is 1. The summed E-state index contributed by atoms with van der Waals surface area (Å²) in [4.78, 5) is 13.9. The highest BCUT2D eigenvalue weighted by molar-refractivity contribution is 5.80. The number of carbonyl (C=O) groups excluding carboxylic acids is 1. The number of nitrogens with two attached hydrogens (primary N) is 1. The topological polar surface area (TPSA) is 55.6 Å². The molecule has 1 saturated heterocycles. The molecule has 88 valence electrons. The fourth-order valence-corrected chi connectivity index (χ4v) is 1.73. The van der Waals surface area contributed by atoms with E-state index in [1.807, 2.05) is 7.05 Å². The van der Waals surface area contributed by atoms with Crippen molar-refractivity contribution < 1.29 is 9.53 Å². The van der Waals surface area contributed by atoms with Crippen molar-refractivity contribution >= 4 is 5.91 Å². The normalized spacial score (nSPS) is 28.1. The van der Waals surface area contributed by atoms with Crippen molar-refractivity contribution in [2.24, 2.45) is 17.6 Å². The molecule has 1 aliphatic heterocycles. The van der Waals surface area contributed by atoms with Crippen molar-refractivity contribution in [3.8, 4) is 0 Å². The fourth-order valence-electron chi connectivity index (χ4n) is 1.73. The van der Waals surface area contributed by atoms with Crippen LogP contribution in [0.2, 0.25) is 0 Å². The molecule has 1 rings (SSSR count). The Balaban J connectivity index is 2.59. The Morgan fingerprint density at radius 1 is 1.40 bits per heavy atom. The zero-order chi connectivity index (χ0) is 11.6. The molecule has 0 bridgehead atoms. The van der Waals surface area contributed by atoms with Gasteiger partial charge in [-0.25, -0.2) is 0 Å². The standard InChI is InChI=1S/C11H22N2O2/c1-7(2)8(3)13(4)11(14)9-5-15-6-10(9)12/h7-10H,5-6,12H2,1-4H3. The molecule has 0 radical (unpaired) electrons. The van der Waals surface area contributed by atoms with E-state index < -0.39 is 0 Å². The number of ether oxygens (including phenoxy) is 1. The Morgan fingerprint density at radius 2 is 2.00 bits per heavy atom. The van der Waals surface area contributed by atoms with Gasteiger partial charge in [0.25, 0.3) is 0 Å². The van der Waals surface area contributed by atoms with Crippen LogP contribution in [0.4, 0.5) is 0 Å².